The molecule has 0 radical (unpaired) electrons. The van der Waals surface area contributed by atoms with Crippen molar-refractivity contribution in [3.05, 3.63) is 54.4 Å². The maximum absolute atomic E-state index is 9.22. The van der Waals surface area contributed by atoms with E-state index in [1.54, 1.807) is 0 Å². The van der Waals surface area contributed by atoms with Gasteiger partial charge < -0.3 is 9.88 Å². The van der Waals surface area contributed by atoms with Gasteiger partial charge >= 0.3 is 0 Å². The van der Waals surface area contributed by atoms with Crippen molar-refractivity contribution in [1.29, 1.82) is 5.26 Å². The molecular weight excluding hydrogens is 272 g/mol. The summed E-state index contributed by atoms with van der Waals surface area (Å²) < 4.78 is 0. The number of nitrogens with one attached hydrogen (secondary N) is 1. The maximum Gasteiger partial charge on any atom is 0.179 e. The fraction of sp³-hybridized carbons (Fsp3) is 0.222. The predicted molar refractivity (Wildman–Crippen MR) is 85.8 cm³/mol. The molecule has 3 aromatic rings. The zero-order chi connectivity index (χ0) is 14.9. The fourth-order valence-corrected chi connectivity index (χ4v) is 3.23. The molecule has 1 atom stereocenters. The van der Waals surface area contributed by atoms with Crippen molar-refractivity contribution < 1.29 is 0 Å². The first-order chi connectivity index (χ1) is 10.8. The van der Waals surface area contributed by atoms with E-state index >= 15 is 0 Å². The van der Waals surface area contributed by atoms with E-state index in [9.17, 15) is 5.26 Å². The van der Waals surface area contributed by atoms with E-state index in [1.807, 2.05) is 29.3 Å². The number of benzene rings is 1. The Morgan fingerprint density at radius 3 is 3.00 bits per heavy atom. The van der Waals surface area contributed by atoms with Crippen molar-refractivity contribution in [2.24, 2.45) is 0 Å². The molecule has 22 heavy (non-hydrogen) atoms. The highest BCUT2D eigenvalue weighted by Gasteiger charge is 2.26. The quantitative estimate of drug-likeness (QED) is 0.729. The van der Waals surface area contributed by atoms with Gasteiger partial charge in [-0.1, -0.05) is 18.2 Å². The van der Waals surface area contributed by atoms with E-state index in [4.69, 9.17) is 0 Å². The molecule has 4 heteroatoms. The van der Waals surface area contributed by atoms with Crippen LogP contribution in [-0.2, 0) is 0 Å². The molecule has 3 heterocycles. The molecule has 4 rings (SSSR count). The van der Waals surface area contributed by atoms with Gasteiger partial charge in [-0.05, 0) is 42.5 Å². The standard InChI is InChI=1S/C18H16N4/c19-12-22-9-3-5-18(22)17-11-14-7-6-13(10-16(14)21-17)15-4-1-2-8-20-15/h1-2,4,6-8,10-11,18,21H,3,5,9H2/t18-/m0/s1. The Morgan fingerprint density at radius 2 is 2.18 bits per heavy atom. The van der Waals surface area contributed by atoms with Crippen LogP contribution in [0.5, 0.6) is 0 Å². The van der Waals surface area contributed by atoms with Crippen molar-refractivity contribution in [2.45, 2.75) is 18.9 Å². The van der Waals surface area contributed by atoms with Crippen LogP contribution in [0, 0.1) is 11.5 Å². The summed E-state index contributed by atoms with van der Waals surface area (Å²) in [6.07, 6.45) is 6.22. The van der Waals surface area contributed by atoms with Crippen LogP contribution in [0.25, 0.3) is 22.2 Å². The molecule has 0 saturated carbocycles. The first kappa shape index (κ1) is 12.9. The minimum atomic E-state index is 0.190. The molecule has 0 aliphatic carbocycles. The topological polar surface area (TPSA) is 55.7 Å². The Kier molecular flexibility index (Phi) is 3.05. The number of pyridine rings is 1. The molecule has 0 unspecified atom stereocenters. The largest absolute Gasteiger partial charge is 0.357 e. The third kappa shape index (κ3) is 2.11. The van der Waals surface area contributed by atoms with Crippen molar-refractivity contribution in [1.82, 2.24) is 14.9 Å². The normalized spacial score (nSPS) is 17.8. The third-order valence-corrected chi connectivity index (χ3v) is 4.34. The summed E-state index contributed by atoms with van der Waals surface area (Å²) in [6.45, 7) is 0.857. The van der Waals surface area contributed by atoms with Gasteiger partial charge in [-0.15, -0.1) is 0 Å². The van der Waals surface area contributed by atoms with Crippen LogP contribution >= 0.6 is 0 Å². The molecule has 0 amide bonds. The second-order valence-electron chi connectivity index (χ2n) is 5.69. The van der Waals surface area contributed by atoms with Gasteiger partial charge in [-0.3, -0.25) is 4.98 Å². The van der Waals surface area contributed by atoms with Crippen LogP contribution in [0.2, 0.25) is 0 Å². The van der Waals surface area contributed by atoms with E-state index in [2.05, 4.69) is 40.4 Å². The highest BCUT2D eigenvalue weighted by atomic mass is 15.2. The molecule has 1 aliphatic heterocycles. The molecule has 1 aromatic carbocycles. The van der Waals surface area contributed by atoms with Crippen LogP contribution in [-0.4, -0.2) is 21.4 Å². The maximum atomic E-state index is 9.22. The average Bonchev–Trinajstić information content (AvgIpc) is 3.20. The summed E-state index contributed by atoms with van der Waals surface area (Å²) in [7, 11) is 0. The van der Waals surface area contributed by atoms with Gasteiger partial charge in [-0.2, -0.15) is 5.26 Å². The first-order valence-electron chi connectivity index (χ1n) is 7.55. The van der Waals surface area contributed by atoms with Crippen LogP contribution < -0.4 is 0 Å². The van der Waals surface area contributed by atoms with Crippen molar-refractivity contribution in [2.75, 3.05) is 6.54 Å². The Labute approximate surface area is 129 Å². The van der Waals surface area contributed by atoms with Gasteiger partial charge in [0.25, 0.3) is 0 Å². The number of H-pyrrole nitrogens is 1. The number of hydrogen-bond acceptors (Lipinski definition) is 3. The number of nitriles is 1. The van der Waals surface area contributed by atoms with Gasteiger partial charge in [0, 0.05) is 29.5 Å². The number of aromatic amines is 1. The van der Waals surface area contributed by atoms with Gasteiger partial charge in [0.1, 0.15) is 0 Å². The van der Waals surface area contributed by atoms with Crippen LogP contribution in [0.1, 0.15) is 24.6 Å². The summed E-state index contributed by atoms with van der Waals surface area (Å²) in [5.41, 5.74) is 4.31. The molecule has 1 saturated heterocycles. The van der Waals surface area contributed by atoms with Gasteiger partial charge in [0.15, 0.2) is 6.19 Å². The first-order valence-corrected chi connectivity index (χ1v) is 7.55. The Morgan fingerprint density at radius 1 is 1.23 bits per heavy atom. The Balaban J connectivity index is 1.74. The lowest BCUT2D eigenvalue weighted by Crippen LogP contribution is -2.17. The molecule has 0 bridgehead atoms. The van der Waals surface area contributed by atoms with Crippen molar-refractivity contribution in [3.63, 3.8) is 0 Å². The fourth-order valence-electron chi connectivity index (χ4n) is 3.23. The number of hydrogen-bond donors (Lipinski definition) is 1. The molecule has 1 aliphatic rings. The molecular formula is C18H16N4. The number of aromatic nitrogens is 2. The van der Waals surface area contributed by atoms with Crippen LogP contribution in [0.15, 0.2) is 48.7 Å². The summed E-state index contributed by atoms with van der Waals surface area (Å²) in [5, 5.41) is 10.4. The van der Waals surface area contributed by atoms with Gasteiger partial charge in [0.05, 0.1) is 11.7 Å². The summed E-state index contributed by atoms with van der Waals surface area (Å²) in [4.78, 5) is 9.76. The minimum Gasteiger partial charge on any atom is -0.357 e. The number of likely N-dealkylation sites (tertiary alicyclic amines) is 1. The average molecular weight is 288 g/mol. The van der Waals surface area contributed by atoms with Crippen LogP contribution in [0.3, 0.4) is 0 Å². The molecule has 1 fully saturated rings. The lowest BCUT2D eigenvalue weighted by Gasteiger charge is -2.16. The Hall–Kier alpha value is -2.80. The summed E-state index contributed by atoms with van der Waals surface area (Å²) >= 11 is 0. The van der Waals surface area contributed by atoms with Gasteiger partial charge in [0.2, 0.25) is 0 Å². The molecule has 1 N–H and O–H groups in total. The molecule has 108 valence electrons. The number of fused-ring (bicyclic) bond motifs is 1. The van der Waals surface area contributed by atoms with Crippen LogP contribution in [0.4, 0.5) is 0 Å². The highest BCUT2D eigenvalue weighted by molar-refractivity contribution is 5.85. The monoisotopic (exact) mass is 288 g/mol. The van der Waals surface area contributed by atoms with Crippen molar-refractivity contribution in [3.8, 4) is 17.5 Å². The highest BCUT2D eigenvalue weighted by Crippen LogP contribution is 2.33. The van der Waals surface area contributed by atoms with E-state index in [-0.39, 0.29) is 6.04 Å². The minimum absolute atomic E-state index is 0.190. The summed E-state index contributed by atoms with van der Waals surface area (Å²) in [6, 6.07) is 14.6. The van der Waals surface area contributed by atoms with Gasteiger partial charge in [-0.25, -0.2) is 0 Å². The predicted octanol–water partition coefficient (Wildman–Crippen LogP) is 3.85. The van der Waals surface area contributed by atoms with E-state index in [0.717, 1.165) is 41.9 Å². The zero-order valence-electron chi connectivity index (χ0n) is 12.2. The SMILES string of the molecule is N#CN1CCC[C@H]1c1cc2ccc(-c3ccccn3)cc2[nH]1. The number of rotatable bonds is 2. The second kappa shape index (κ2) is 5.19. The zero-order valence-corrected chi connectivity index (χ0v) is 12.2. The lowest BCUT2D eigenvalue weighted by atomic mass is 10.1. The third-order valence-electron chi connectivity index (χ3n) is 4.34. The van der Waals surface area contributed by atoms with E-state index in [1.165, 1.54) is 5.39 Å². The second-order valence-corrected chi connectivity index (χ2v) is 5.69. The van der Waals surface area contributed by atoms with E-state index < -0.39 is 0 Å². The number of nitrogens with zero attached hydrogens (tertiary/aromatic N) is 3. The summed E-state index contributed by atoms with van der Waals surface area (Å²) in [5.74, 6) is 0. The molecule has 0 spiro atoms. The van der Waals surface area contributed by atoms with E-state index in [0.29, 0.717) is 0 Å². The molecule has 4 nitrogen and oxygen atoms in total. The molecule has 2 aromatic heterocycles. The smallest absolute Gasteiger partial charge is 0.179 e. The lowest BCUT2D eigenvalue weighted by molar-refractivity contribution is 0.369. The Bertz CT molecular complexity index is 844. The van der Waals surface area contributed by atoms with Crippen molar-refractivity contribution >= 4 is 10.9 Å².